The number of aromatic nitrogens is 2. The average molecular weight is 502 g/mol. The highest BCUT2D eigenvalue weighted by atomic mass is 16.5. The number of hydrogen-bond acceptors (Lipinski definition) is 8. The number of carbonyl (C=O) groups excluding carboxylic acids is 1. The molecule has 9 nitrogen and oxygen atoms in total. The van der Waals surface area contributed by atoms with Crippen LogP contribution in [0.1, 0.15) is 24.8 Å². The summed E-state index contributed by atoms with van der Waals surface area (Å²) in [6, 6.07) is 18.2. The van der Waals surface area contributed by atoms with Gasteiger partial charge in [0.15, 0.2) is 0 Å². The topological polar surface area (TPSA) is 94.7 Å². The summed E-state index contributed by atoms with van der Waals surface area (Å²) in [5.41, 5.74) is 3.13. The number of nitrogens with one attached hydrogen (secondary N) is 3. The Morgan fingerprint density at radius 3 is 2.24 bits per heavy atom. The fourth-order valence-corrected chi connectivity index (χ4v) is 4.65. The number of benzene rings is 2. The SMILES string of the molecule is O=C1CN2CCN(CC2)Cc2cccc(c2)Nc2cc(ncn2)Nc2cccc(c2)OCCCCCN1. The van der Waals surface area contributed by atoms with Gasteiger partial charge in [-0.3, -0.25) is 14.6 Å². The highest BCUT2D eigenvalue weighted by Crippen LogP contribution is 2.23. The van der Waals surface area contributed by atoms with Gasteiger partial charge >= 0.3 is 0 Å². The van der Waals surface area contributed by atoms with Crippen LogP contribution in [0.3, 0.4) is 0 Å². The summed E-state index contributed by atoms with van der Waals surface area (Å²) in [7, 11) is 0. The third-order valence-corrected chi connectivity index (χ3v) is 6.62. The lowest BCUT2D eigenvalue weighted by Gasteiger charge is -2.34. The van der Waals surface area contributed by atoms with Gasteiger partial charge in [-0.25, -0.2) is 9.97 Å². The van der Waals surface area contributed by atoms with E-state index in [-0.39, 0.29) is 5.91 Å². The molecular weight excluding hydrogens is 466 g/mol. The maximum atomic E-state index is 12.4. The number of piperazine rings is 1. The monoisotopic (exact) mass is 501 g/mol. The van der Waals surface area contributed by atoms with Crippen molar-refractivity contribution < 1.29 is 9.53 Å². The van der Waals surface area contributed by atoms with Crippen LogP contribution >= 0.6 is 0 Å². The van der Waals surface area contributed by atoms with Gasteiger partial charge in [-0.1, -0.05) is 18.2 Å². The van der Waals surface area contributed by atoms with Gasteiger partial charge < -0.3 is 20.7 Å². The van der Waals surface area contributed by atoms with Gasteiger partial charge in [-0.2, -0.15) is 0 Å². The third-order valence-electron chi connectivity index (χ3n) is 6.62. The second-order valence-electron chi connectivity index (χ2n) is 9.58. The van der Waals surface area contributed by atoms with Crippen molar-refractivity contribution in [1.29, 1.82) is 0 Å². The van der Waals surface area contributed by atoms with Crippen LogP contribution in [0.25, 0.3) is 0 Å². The second kappa shape index (κ2) is 12.5. The van der Waals surface area contributed by atoms with Crippen molar-refractivity contribution in [1.82, 2.24) is 25.1 Å². The Balaban J connectivity index is 1.30. The Kier molecular flexibility index (Phi) is 8.45. The van der Waals surface area contributed by atoms with Gasteiger partial charge in [0.1, 0.15) is 23.7 Å². The quantitative estimate of drug-likeness (QED) is 0.429. The maximum Gasteiger partial charge on any atom is 0.234 e. The molecule has 0 spiro atoms. The molecule has 0 radical (unpaired) electrons. The minimum atomic E-state index is 0.116. The van der Waals surface area contributed by atoms with Crippen molar-refractivity contribution in [3.05, 3.63) is 66.5 Å². The molecule has 37 heavy (non-hydrogen) atoms. The highest BCUT2D eigenvalue weighted by molar-refractivity contribution is 5.78. The van der Waals surface area contributed by atoms with Gasteiger partial charge in [0, 0.05) is 62.8 Å². The molecule has 194 valence electrons. The minimum Gasteiger partial charge on any atom is -0.494 e. The molecule has 0 unspecified atom stereocenters. The number of anilines is 4. The Bertz CT molecular complexity index is 1180. The first kappa shape index (κ1) is 25.0. The molecule has 3 aliphatic heterocycles. The summed E-state index contributed by atoms with van der Waals surface area (Å²) < 4.78 is 5.95. The zero-order valence-corrected chi connectivity index (χ0v) is 21.2. The molecule has 2 aromatic carbocycles. The number of amides is 1. The van der Waals surface area contributed by atoms with Crippen LogP contribution in [0.15, 0.2) is 60.9 Å². The van der Waals surface area contributed by atoms with E-state index < -0.39 is 0 Å². The van der Waals surface area contributed by atoms with E-state index in [2.05, 4.69) is 53.9 Å². The lowest BCUT2D eigenvalue weighted by Crippen LogP contribution is -2.49. The van der Waals surface area contributed by atoms with E-state index in [0.717, 1.165) is 74.9 Å². The van der Waals surface area contributed by atoms with Crippen LogP contribution in [-0.4, -0.2) is 71.6 Å². The number of rotatable bonds is 0. The Labute approximate surface area is 218 Å². The molecule has 9 heteroatoms. The lowest BCUT2D eigenvalue weighted by atomic mass is 10.1. The van der Waals surface area contributed by atoms with E-state index in [0.29, 0.717) is 25.5 Å². The number of fused-ring (bicyclic) bond motifs is 10. The molecule has 6 rings (SSSR count). The van der Waals surface area contributed by atoms with Gasteiger partial charge in [-0.15, -0.1) is 0 Å². The molecule has 0 atom stereocenters. The molecule has 1 saturated heterocycles. The molecule has 3 aliphatic rings. The smallest absolute Gasteiger partial charge is 0.234 e. The highest BCUT2D eigenvalue weighted by Gasteiger charge is 2.19. The summed E-state index contributed by atoms with van der Waals surface area (Å²) in [6.07, 6.45) is 4.46. The van der Waals surface area contributed by atoms with E-state index in [4.69, 9.17) is 4.74 Å². The van der Waals surface area contributed by atoms with Crippen LogP contribution in [0, 0.1) is 0 Å². The Morgan fingerprint density at radius 2 is 1.46 bits per heavy atom. The van der Waals surface area contributed by atoms with Crippen LogP contribution in [0.5, 0.6) is 5.75 Å². The predicted molar refractivity (Wildman–Crippen MR) is 146 cm³/mol. The molecule has 1 fully saturated rings. The first-order chi connectivity index (χ1) is 18.2. The van der Waals surface area contributed by atoms with Crippen LogP contribution < -0.4 is 20.7 Å². The normalized spacial score (nSPS) is 21.2. The number of ether oxygens (including phenoxy) is 1. The predicted octanol–water partition coefficient (Wildman–Crippen LogP) is 3.76. The molecule has 0 saturated carbocycles. The molecule has 1 aromatic heterocycles. The zero-order valence-electron chi connectivity index (χ0n) is 21.2. The fourth-order valence-electron chi connectivity index (χ4n) is 4.65. The second-order valence-corrected chi connectivity index (χ2v) is 9.58. The van der Waals surface area contributed by atoms with Gasteiger partial charge in [0.25, 0.3) is 0 Å². The first-order valence-electron chi connectivity index (χ1n) is 13.1. The van der Waals surface area contributed by atoms with Crippen molar-refractivity contribution in [3.63, 3.8) is 0 Å². The van der Waals surface area contributed by atoms with Gasteiger partial charge in [0.2, 0.25) is 5.91 Å². The van der Waals surface area contributed by atoms with Crippen LogP contribution in [0.2, 0.25) is 0 Å². The summed E-state index contributed by atoms with van der Waals surface area (Å²) in [6.45, 7) is 6.41. The summed E-state index contributed by atoms with van der Waals surface area (Å²) >= 11 is 0. The molecule has 3 N–H and O–H groups in total. The number of carbonyl (C=O) groups is 1. The minimum absolute atomic E-state index is 0.116. The van der Waals surface area contributed by atoms with E-state index >= 15 is 0 Å². The number of hydrogen-bond donors (Lipinski definition) is 3. The van der Waals surface area contributed by atoms with E-state index in [1.54, 1.807) is 6.33 Å². The van der Waals surface area contributed by atoms with Gasteiger partial charge in [0.05, 0.1) is 13.2 Å². The first-order valence-corrected chi connectivity index (χ1v) is 13.1. The van der Waals surface area contributed by atoms with E-state index in [1.807, 2.05) is 36.4 Å². The average Bonchev–Trinajstić information content (AvgIpc) is 2.89. The maximum absolute atomic E-state index is 12.4. The summed E-state index contributed by atoms with van der Waals surface area (Å²) in [5.74, 6) is 2.36. The fraction of sp³-hybridized carbons (Fsp3) is 0.393. The van der Waals surface area contributed by atoms with Gasteiger partial charge in [-0.05, 0) is 49.1 Å². The van der Waals surface area contributed by atoms with Crippen molar-refractivity contribution in [3.8, 4) is 5.75 Å². The number of nitrogens with zero attached hydrogens (tertiary/aromatic N) is 4. The zero-order chi connectivity index (χ0) is 25.3. The van der Waals surface area contributed by atoms with Crippen molar-refractivity contribution in [2.75, 3.05) is 56.5 Å². The van der Waals surface area contributed by atoms with Crippen molar-refractivity contribution in [2.24, 2.45) is 0 Å². The van der Waals surface area contributed by atoms with Crippen LogP contribution in [0.4, 0.5) is 23.0 Å². The van der Waals surface area contributed by atoms with Crippen molar-refractivity contribution >= 4 is 28.9 Å². The lowest BCUT2D eigenvalue weighted by molar-refractivity contribution is -0.122. The third kappa shape index (κ3) is 7.65. The van der Waals surface area contributed by atoms with Crippen molar-refractivity contribution in [2.45, 2.75) is 25.8 Å². The molecule has 1 amide bonds. The molecule has 8 bridgehead atoms. The summed E-state index contributed by atoms with van der Waals surface area (Å²) in [5, 5.41) is 9.83. The molecule has 0 aliphatic carbocycles. The Morgan fingerprint density at radius 1 is 0.757 bits per heavy atom. The standard InChI is InChI=1S/C28H35N7O2/c36-28-20-35-13-11-34(12-14-35)19-22-6-4-7-23(16-22)32-26-18-27(31-21-30-26)33-24-8-5-9-25(17-24)37-15-3-1-2-10-29-28/h4-9,16-18,21H,1-3,10-15,19-20H2,(H,29,36)(H2,30,31,32,33). The van der Waals surface area contributed by atoms with Crippen LogP contribution in [-0.2, 0) is 11.3 Å². The van der Waals surface area contributed by atoms with E-state index in [1.165, 1.54) is 5.56 Å². The largest absolute Gasteiger partial charge is 0.494 e. The molecule has 4 heterocycles. The Hall–Kier alpha value is -3.69. The summed E-state index contributed by atoms with van der Waals surface area (Å²) in [4.78, 5) is 25.8. The molecular formula is C28H35N7O2. The van der Waals surface area contributed by atoms with E-state index in [9.17, 15) is 4.79 Å². The molecule has 3 aromatic rings.